The van der Waals surface area contributed by atoms with E-state index in [2.05, 4.69) is 154 Å². The summed E-state index contributed by atoms with van der Waals surface area (Å²) in [6, 6.07) is 0. The molecule has 1 saturated heterocycles. The Morgan fingerprint density at radius 3 is 1.20 bits per heavy atom. The number of aliphatic hydroxyl groups is 2. The molecule has 1 aliphatic heterocycles. The van der Waals surface area contributed by atoms with Gasteiger partial charge in [0.1, 0.15) is 18.8 Å². The van der Waals surface area contributed by atoms with Gasteiger partial charge in [-0.25, -0.2) is 4.79 Å². The third kappa shape index (κ3) is 46.6. The highest BCUT2D eigenvalue weighted by atomic mass is 16.7. The monoisotopic (exact) mass is 1150 g/mol. The van der Waals surface area contributed by atoms with Crippen molar-refractivity contribution in [3.63, 3.8) is 0 Å². The van der Waals surface area contributed by atoms with E-state index in [1.165, 1.54) is 19.3 Å². The minimum Gasteiger partial charge on any atom is -0.479 e. The van der Waals surface area contributed by atoms with Crippen LogP contribution < -0.4 is 0 Å². The molecule has 0 aromatic rings. The van der Waals surface area contributed by atoms with Gasteiger partial charge in [-0.2, -0.15) is 0 Å². The summed E-state index contributed by atoms with van der Waals surface area (Å²) < 4.78 is 28.4. The number of allylic oxidation sites excluding steroid dienone is 24. The van der Waals surface area contributed by atoms with Crippen LogP contribution in [-0.2, 0) is 42.9 Å². The molecule has 0 radical (unpaired) electrons. The van der Waals surface area contributed by atoms with Gasteiger partial charge in [0.15, 0.2) is 24.6 Å². The van der Waals surface area contributed by atoms with Gasteiger partial charge in [0.05, 0.1) is 6.61 Å². The molecule has 1 fully saturated rings. The summed E-state index contributed by atoms with van der Waals surface area (Å²) in [5, 5.41) is 31.6. The van der Waals surface area contributed by atoms with Gasteiger partial charge in [0.2, 0.25) is 0 Å². The molecule has 1 aliphatic rings. The molecule has 0 aliphatic carbocycles. The largest absolute Gasteiger partial charge is 0.479 e. The van der Waals surface area contributed by atoms with Crippen molar-refractivity contribution in [3.05, 3.63) is 146 Å². The number of hydrogen-bond acceptors (Lipinski definition) is 11. The Morgan fingerprint density at radius 2 is 0.783 bits per heavy atom. The lowest BCUT2D eigenvalue weighted by molar-refractivity contribution is -0.301. The van der Waals surface area contributed by atoms with E-state index in [0.29, 0.717) is 19.3 Å². The molecule has 0 spiro atoms. The van der Waals surface area contributed by atoms with Gasteiger partial charge >= 0.3 is 23.9 Å². The van der Waals surface area contributed by atoms with Gasteiger partial charge in [0, 0.05) is 19.3 Å². The van der Waals surface area contributed by atoms with Gasteiger partial charge < -0.3 is 39.0 Å². The Bertz CT molecular complexity index is 2000. The minimum absolute atomic E-state index is 0.0239. The Balaban J connectivity index is 2.75. The van der Waals surface area contributed by atoms with E-state index in [0.717, 1.165) is 148 Å². The van der Waals surface area contributed by atoms with Crippen LogP contribution in [0.3, 0.4) is 0 Å². The van der Waals surface area contributed by atoms with Crippen LogP contribution >= 0.6 is 0 Å². The van der Waals surface area contributed by atoms with Crippen molar-refractivity contribution in [3.8, 4) is 0 Å². The van der Waals surface area contributed by atoms with Gasteiger partial charge in [-0.3, -0.25) is 14.4 Å². The molecule has 6 atom stereocenters. The molecular formula is C71H110O12. The maximum absolute atomic E-state index is 13.2. The van der Waals surface area contributed by atoms with Crippen LogP contribution in [0.15, 0.2) is 146 Å². The maximum atomic E-state index is 13.2. The molecule has 1 rings (SSSR count). The molecule has 1 heterocycles. The molecule has 0 bridgehead atoms. The zero-order valence-corrected chi connectivity index (χ0v) is 51.4. The maximum Gasteiger partial charge on any atom is 0.335 e. The lowest BCUT2D eigenvalue weighted by atomic mass is 9.98. The number of hydrogen-bond donors (Lipinski definition) is 3. The summed E-state index contributed by atoms with van der Waals surface area (Å²) in [6.45, 7) is 5.65. The molecule has 3 N–H and O–H groups in total. The summed E-state index contributed by atoms with van der Waals surface area (Å²) in [5.74, 6) is -3.29. The predicted molar refractivity (Wildman–Crippen MR) is 339 cm³/mol. The summed E-state index contributed by atoms with van der Waals surface area (Å²) in [7, 11) is 0. The fourth-order valence-electron chi connectivity index (χ4n) is 8.59. The number of carbonyl (C=O) groups is 4. The fraction of sp³-hybridized carbons (Fsp3) is 0.606. The molecule has 0 aromatic heterocycles. The fourth-order valence-corrected chi connectivity index (χ4v) is 8.59. The van der Waals surface area contributed by atoms with Crippen LogP contribution in [0.2, 0.25) is 0 Å². The highest BCUT2D eigenvalue weighted by Gasteiger charge is 2.50. The van der Waals surface area contributed by atoms with Gasteiger partial charge in [-0.1, -0.05) is 224 Å². The average molecular weight is 1160 g/mol. The van der Waals surface area contributed by atoms with Crippen LogP contribution in [0.25, 0.3) is 0 Å². The Kier molecular flexibility index (Phi) is 52.0. The highest BCUT2D eigenvalue weighted by Crippen LogP contribution is 2.26. The molecule has 83 heavy (non-hydrogen) atoms. The molecule has 466 valence electrons. The number of carboxylic acids is 1. The van der Waals surface area contributed by atoms with Crippen molar-refractivity contribution in [2.45, 2.75) is 263 Å². The zero-order chi connectivity index (χ0) is 60.3. The first kappa shape index (κ1) is 75.6. The third-order valence-corrected chi connectivity index (χ3v) is 13.4. The number of aliphatic carboxylic acids is 1. The number of carbonyl (C=O) groups excluding carboxylic acids is 3. The van der Waals surface area contributed by atoms with Crippen LogP contribution in [0.4, 0.5) is 0 Å². The van der Waals surface area contributed by atoms with E-state index in [-0.39, 0.29) is 25.9 Å². The lowest BCUT2D eigenvalue weighted by Crippen LogP contribution is -2.61. The van der Waals surface area contributed by atoms with Crippen LogP contribution in [0, 0.1) is 0 Å². The number of unbranched alkanes of at least 4 members (excludes halogenated alkanes) is 14. The smallest absolute Gasteiger partial charge is 0.335 e. The number of esters is 3. The van der Waals surface area contributed by atoms with E-state index in [1.54, 1.807) is 0 Å². The molecular weight excluding hydrogens is 1040 g/mol. The molecule has 12 heteroatoms. The first-order valence-corrected chi connectivity index (χ1v) is 31.8. The second-order valence-corrected chi connectivity index (χ2v) is 20.9. The average Bonchev–Trinajstić information content (AvgIpc) is 3.58. The first-order chi connectivity index (χ1) is 40.6. The second-order valence-electron chi connectivity index (χ2n) is 20.9. The van der Waals surface area contributed by atoms with E-state index in [1.807, 2.05) is 12.2 Å². The van der Waals surface area contributed by atoms with Crippen molar-refractivity contribution >= 4 is 23.9 Å². The van der Waals surface area contributed by atoms with Crippen molar-refractivity contribution in [2.24, 2.45) is 0 Å². The van der Waals surface area contributed by atoms with E-state index >= 15 is 0 Å². The first-order valence-electron chi connectivity index (χ1n) is 31.8. The van der Waals surface area contributed by atoms with Crippen molar-refractivity contribution in [1.29, 1.82) is 0 Å². The van der Waals surface area contributed by atoms with Gasteiger partial charge in [-0.15, -0.1) is 0 Å². The summed E-state index contributed by atoms with van der Waals surface area (Å²) in [5.41, 5.74) is 0. The molecule has 12 nitrogen and oxygen atoms in total. The Labute approximate surface area is 502 Å². The standard InChI is InChI=1S/C71H110O12/c1-4-7-10-13-16-19-22-25-28-30-32-34-37-39-42-45-48-51-54-57-63(72)79-60-62(81-64(73)58-55-52-49-46-43-41-38-35-33-31-29-26-23-20-17-14-11-8-5-2)61-80-71-69(67(76)66(75)68(83-71)70(77)78)82-65(74)59-56-53-50-47-44-40-36-27-24-21-18-15-12-9-6-3/h7,9-10,12,16-21,25-29,32-36,39,42,48,51,62,66-69,71,75-76H,4-6,8,11,13-15,22-24,30-31,37-38,40-41,43-47,49-50,52-61H2,1-3H3,(H,77,78)/b10-7-,12-9-,19-16-,20-17-,21-18-,28-25-,29-26-,34-32-,35-33-,36-27-,42-39-,51-48-. The topological polar surface area (TPSA) is 175 Å². The van der Waals surface area contributed by atoms with E-state index < -0.39 is 67.3 Å². The van der Waals surface area contributed by atoms with Crippen molar-refractivity contribution in [1.82, 2.24) is 0 Å². The van der Waals surface area contributed by atoms with Crippen LogP contribution in [0.1, 0.15) is 226 Å². The lowest BCUT2D eigenvalue weighted by Gasteiger charge is -2.40. The Morgan fingerprint density at radius 1 is 0.410 bits per heavy atom. The summed E-state index contributed by atoms with van der Waals surface area (Å²) in [4.78, 5) is 51.3. The number of carboxylic acid groups (broad SMARTS) is 1. The third-order valence-electron chi connectivity index (χ3n) is 13.4. The molecule has 0 amide bonds. The van der Waals surface area contributed by atoms with E-state index in [4.69, 9.17) is 23.7 Å². The highest BCUT2D eigenvalue weighted by molar-refractivity contribution is 5.74. The second kappa shape index (κ2) is 57.1. The molecule has 0 saturated carbocycles. The molecule has 0 aromatic carbocycles. The number of aliphatic hydroxyl groups excluding tert-OH is 2. The van der Waals surface area contributed by atoms with Gasteiger partial charge in [-0.05, 0) is 128 Å². The predicted octanol–water partition coefficient (Wildman–Crippen LogP) is 17.1. The SMILES string of the molecule is CC/C=C\C/C=C\C/C=C\C/C=C\C/C=C\C/C=C\CCC(=O)OCC(COC1OC(C(=O)O)C(O)C(O)C1OC(=O)CCCCCCC/C=C\C/C=C\C/C=C\CC)OC(=O)CCCCCCCC/C=C\C/C=C\C/C=C\CCCCC. The number of rotatable bonds is 52. The summed E-state index contributed by atoms with van der Waals surface area (Å²) in [6.07, 6.45) is 69.6. The molecule has 6 unspecified atom stereocenters. The normalized spacial score (nSPS) is 18.6. The van der Waals surface area contributed by atoms with Crippen molar-refractivity contribution < 1.29 is 58.2 Å². The van der Waals surface area contributed by atoms with Crippen LogP contribution in [-0.4, -0.2) is 89.2 Å². The van der Waals surface area contributed by atoms with Gasteiger partial charge in [0.25, 0.3) is 0 Å². The minimum atomic E-state index is -1.93. The Hall–Kier alpha value is -5.40. The summed E-state index contributed by atoms with van der Waals surface area (Å²) >= 11 is 0. The van der Waals surface area contributed by atoms with Crippen LogP contribution in [0.5, 0.6) is 0 Å². The number of ether oxygens (including phenoxy) is 5. The zero-order valence-electron chi connectivity index (χ0n) is 51.4. The van der Waals surface area contributed by atoms with Crippen molar-refractivity contribution in [2.75, 3.05) is 13.2 Å². The van der Waals surface area contributed by atoms with E-state index in [9.17, 15) is 34.5 Å². The quantitative estimate of drug-likeness (QED) is 0.0228.